The van der Waals surface area contributed by atoms with Gasteiger partial charge in [-0.15, -0.1) is 0 Å². The van der Waals surface area contributed by atoms with Crippen LogP contribution in [0.5, 0.6) is 17.2 Å². The molecule has 2 unspecified atom stereocenters. The third kappa shape index (κ3) is 7.57. The smallest absolute Gasteiger partial charge is 0.410 e. The third-order valence-corrected chi connectivity index (χ3v) is 7.85. The number of piperazine rings is 1. The number of hydrogen-bond acceptors (Lipinski definition) is 8. The van der Waals surface area contributed by atoms with Gasteiger partial charge < -0.3 is 29.7 Å². The number of amides is 3. The normalized spacial score (nSPS) is 16.4. The van der Waals surface area contributed by atoms with Crippen LogP contribution in [0, 0.1) is 0 Å². The largest absolute Gasteiger partial charge is 0.496 e. The number of carbonyl (C=O) groups excluding carboxylic acids is 3. The van der Waals surface area contributed by atoms with E-state index < -0.39 is 5.60 Å². The number of rotatable bonds is 7. The van der Waals surface area contributed by atoms with Crippen molar-refractivity contribution in [1.29, 1.82) is 0 Å². The second kappa shape index (κ2) is 13.6. The molecule has 0 bridgehead atoms. The van der Waals surface area contributed by atoms with Crippen molar-refractivity contribution in [2.45, 2.75) is 52.3 Å². The van der Waals surface area contributed by atoms with E-state index in [1.165, 1.54) is 7.11 Å². The van der Waals surface area contributed by atoms with Crippen LogP contribution in [0.25, 0.3) is 10.8 Å². The maximum absolute atomic E-state index is 13.4. The first-order valence-corrected chi connectivity index (χ1v) is 15.5. The van der Waals surface area contributed by atoms with Gasteiger partial charge in [-0.05, 0) is 87.9 Å². The molecule has 1 aromatic heterocycles. The minimum Gasteiger partial charge on any atom is -0.496 e. The van der Waals surface area contributed by atoms with Crippen molar-refractivity contribution in [1.82, 2.24) is 15.2 Å². The minimum absolute atomic E-state index is 0.0854. The van der Waals surface area contributed by atoms with Crippen molar-refractivity contribution in [2.24, 2.45) is 0 Å². The van der Waals surface area contributed by atoms with E-state index in [0.717, 1.165) is 16.5 Å². The zero-order valence-electron chi connectivity index (χ0n) is 27.8. The molecule has 1 fully saturated rings. The topological polar surface area (TPSA) is 122 Å². The van der Waals surface area contributed by atoms with Gasteiger partial charge in [0, 0.05) is 49.7 Å². The zero-order chi connectivity index (χ0) is 33.9. The fourth-order valence-electron chi connectivity index (χ4n) is 5.79. The summed E-state index contributed by atoms with van der Waals surface area (Å²) in [6.07, 6.45) is 1.23. The van der Waals surface area contributed by atoms with Crippen molar-refractivity contribution in [3.8, 4) is 17.2 Å². The molecular weight excluding hydrogens is 598 g/mol. The van der Waals surface area contributed by atoms with Gasteiger partial charge in [-0.2, -0.15) is 0 Å². The molecular formula is C36H41N5O6. The van der Waals surface area contributed by atoms with Crippen molar-refractivity contribution < 1.29 is 28.6 Å². The number of carbonyl (C=O) groups is 3. The Labute approximate surface area is 274 Å². The lowest BCUT2D eigenvalue weighted by atomic mass is 10.0. The number of ether oxygens (including phenoxy) is 3. The van der Waals surface area contributed by atoms with Crippen LogP contribution in [0.3, 0.4) is 0 Å². The maximum Gasteiger partial charge on any atom is 0.410 e. The van der Waals surface area contributed by atoms with Crippen LogP contribution in [0.1, 0.15) is 55.3 Å². The van der Waals surface area contributed by atoms with E-state index in [2.05, 4.69) is 20.5 Å². The van der Waals surface area contributed by atoms with Crippen molar-refractivity contribution >= 4 is 40.2 Å². The van der Waals surface area contributed by atoms with Crippen LogP contribution in [0.4, 0.5) is 16.3 Å². The number of pyridine rings is 1. The van der Waals surface area contributed by atoms with Crippen molar-refractivity contribution in [2.75, 3.05) is 37.5 Å². The van der Waals surface area contributed by atoms with E-state index in [9.17, 15) is 14.4 Å². The fourth-order valence-corrected chi connectivity index (χ4v) is 5.79. The molecule has 5 rings (SSSR count). The first-order chi connectivity index (χ1) is 22.4. The molecule has 1 aliphatic rings. The van der Waals surface area contributed by atoms with Crippen LogP contribution in [0.15, 0.2) is 72.9 Å². The Morgan fingerprint density at radius 2 is 1.60 bits per heavy atom. The minimum atomic E-state index is -0.570. The van der Waals surface area contributed by atoms with Crippen LogP contribution in [-0.4, -0.2) is 72.7 Å². The van der Waals surface area contributed by atoms with Gasteiger partial charge in [0.25, 0.3) is 11.8 Å². The summed E-state index contributed by atoms with van der Waals surface area (Å²) in [5.41, 5.74) is 1.24. The molecule has 3 amide bonds. The van der Waals surface area contributed by atoms with Crippen LogP contribution in [-0.2, 0) is 4.74 Å². The van der Waals surface area contributed by atoms with Gasteiger partial charge in [0.1, 0.15) is 28.7 Å². The molecule has 2 N–H and O–H groups in total. The van der Waals surface area contributed by atoms with Gasteiger partial charge >= 0.3 is 6.09 Å². The molecule has 11 heteroatoms. The summed E-state index contributed by atoms with van der Waals surface area (Å²) in [7, 11) is 3.12. The molecule has 0 spiro atoms. The Morgan fingerprint density at radius 1 is 0.872 bits per heavy atom. The standard InChI is InChI=1S/C36H41N5O6/c1-22-20-40(21-23(2)41(22)35(44)47-36(3,4)5)25-11-13-30(31(18-25)45-7)34(43)39-32-19-27(15-16-38-32)46-26-12-14-28-24(17-26)9-8-10-29(28)33(42)37-6/h8-19,22-23H,20-21H2,1-7H3,(H,37,42)(H,38,39,43). The second-order valence-electron chi connectivity index (χ2n) is 12.6. The van der Waals surface area contributed by atoms with E-state index in [1.807, 2.05) is 71.0 Å². The monoisotopic (exact) mass is 639 g/mol. The summed E-state index contributed by atoms with van der Waals surface area (Å²) < 4.78 is 17.3. The zero-order valence-corrected chi connectivity index (χ0v) is 27.8. The molecule has 47 heavy (non-hydrogen) atoms. The number of nitrogens with zero attached hydrogens (tertiary/aromatic N) is 3. The SMILES string of the molecule is CNC(=O)c1cccc2cc(Oc3ccnc(NC(=O)c4ccc(N5CC(C)N(C(=O)OC(C)(C)C)C(C)C5)cc4OC)c3)ccc12. The Hall–Kier alpha value is -5.32. The van der Waals surface area contributed by atoms with E-state index in [1.54, 1.807) is 48.5 Å². The highest BCUT2D eigenvalue weighted by Gasteiger charge is 2.36. The van der Waals surface area contributed by atoms with Gasteiger partial charge in [0.2, 0.25) is 0 Å². The van der Waals surface area contributed by atoms with Gasteiger partial charge in [-0.25, -0.2) is 9.78 Å². The highest BCUT2D eigenvalue weighted by molar-refractivity contribution is 6.07. The van der Waals surface area contributed by atoms with Gasteiger partial charge in [-0.1, -0.05) is 12.1 Å². The predicted octanol–water partition coefficient (Wildman–Crippen LogP) is 6.48. The number of nitrogens with one attached hydrogen (secondary N) is 2. The molecule has 3 aromatic carbocycles. The first-order valence-electron chi connectivity index (χ1n) is 15.5. The Morgan fingerprint density at radius 3 is 2.28 bits per heavy atom. The van der Waals surface area contributed by atoms with Crippen LogP contribution in [0.2, 0.25) is 0 Å². The lowest BCUT2D eigenvalue weighted by Crippen LogP contribution is -2.59. The number of benzene rings is 3. The lowest BCUT2D eigenvalue weighted by Gasteiger charge is -2.45. The third-order valence-electron chi connectivity index (χ3n) is 7.85. The highest BCUT2D eigenvalue weighted by Crippen LogP contribution is 2.31. The van der Waals surface area contributed by atoms with Crippen LogP contribution < -0.4 is 25.0 Å². The summed E-state index contributed by atoms with van der Waals surface area (Å²) >= 11 is 0. The lowest BCUT2D eigenvalue weighted by molar-refractivity contribution is 0.00563. The molecule has 11 nitrogen and oxygen atoms in total. The van der Waals surface area contributed by atoms with E-state index in [4.69, 9.17) is 14.2 Å². The number of hydrogen-bond donors (Lipinski definition) is 2. The summed E-state index contributed by atoms with van der Waals surface area (Å²) in [5, 5.41) is 7.17. The van der Waals surface area contributed by atoms with E-state index in [0.29, 0.717) is 47.3 Å². The Kier molecular flexibility index (Phi) is 9.55. The van der Waals surface area contributed by atoms with E-state index >= 15 is 0 Å². The predicted molar refractivity (Wildman–Crippen MR) is 182 cm³/mol. The number of methoxy groups -OCH3 is 1. The highest BCUT2D eigenvalue weighted by atomic mass is 16.6. The molecule has 246 valence electrons. The average Bonchev–Trinajstić information content (AvgIpc) is 3.02. The van der Waals surface area contributed by atoms with Crippen molar-refractivity contribution in [3.05, 3.63) is 84.1 Å². The van der Waals surface area contributed by atoms with Gasteiger partial charge in [-0.3, -0.25) is 14.5 Å². The summed E-state index contributed by atoms with van der Waals surface area (Å²) in [6.45, 7) is 10.8. The number of anilines is 2. The Bertz CT molecular complexity index is 1790. The maximum atomic E-state index is 13.4. The molecule has 2 atom stereocenters. The molecule has 1 aliphatic heterocycles. The molecule has 4 aromatic rings. The first kappa shape index (κ1) is 33.1. The van der Waals surface area contributed by atoms with Gasteiger partial charge in [0.15, 0.2) is 0 Å². The van der Waals surface area contributed by atoms with E-state index in [-0.39, 0.29) is 30.0 Å². The van der Waals surface area contributed by atoms with Crippen molar-refractivity contribution in [3.63, 3.8) is 0 Å². The van der Waals surface area contributed by atoms with Crippen LogP contribution >= 0.6 is 0 Å². The Balaban J connectivity index is 1.27. The number of fused-ring (bicyclic) bond motifs is 1. The molecule has 1 saturated heterocycles. The summed E-state index contributed by atoms with van der Waals surface area (Å²) in [4.78, 5) is 46.7. The molecule has 0 aliphatic carbocycles. The molecule has 0 radical (unpaired) electrons. The molecule has 2 heterocycles. The quantitative estimate of drug-likeness (QED) is 0.236. The fraction of sp³-hybridized carbons (Fsp3) is 0.333. The van der Waals surface area contributed by atoms with Gasteiger partial charge in [0.05, 0.1) is 24.8 Å². The molecule has 0 saturated carbocycles. The number of aromatic nitrogens is 1. The summed E-state index contributed by atoms with van der Waals surface area (Å²) in [6, 6.07) is 19.6. The second-order valence-corrected chi connectivity index (χ2v) is 12.6. The average molecular weight is 640 g/mol. The summed E-state index contributed by atoms with van der Waals surface area (Å²) in [5.74, 6) is 1.22.